The van der Waals surface area contributed by atoms with Gasteiger partial charge in [-0.15, -0.1) is 13.2 Å². The van der Waals surface area contributed by atoms with E-state index in [1.54, 1.807) is 0 Å². The quantitative estimate of drug-likeness (QED) is 0.906. The van der Waals surface area contributed by atoms with E-state index >= 15 is 0 Å². The van der Waals surface area contributed by atoms with Gasteiger partial charge in [-0.05, 0) is 12.1 Å². The third-order valence-corrected chi connectivity index (χ3v) is 3.54. The van der Waals surface area contributed by atoms with Crippen LogP contribution in [0.1, 0.15) is 0 Å². The Bertz CT molecular complexity index is 683. The summed E-state index contributed by atoms with van der Waals surface area (Å²) in [6, 6.07) is 4.44. The molecule has 1 aromatic heterocycles. The third kappa shape index (κ3) is 3.41. The van der Waals surface area contributed by atoms with E-state index in [1.165, 1.54) is 24.5 Å². The van der Waals surface area contributed by atoms with Crippen molar-refractivity contribution in [3.05, 3.63) is 36.7 Å². The van der Waals surface area contributed by atoms with Crippen molar-refractivity contribution >= 4 is 15.7 Å². The number of hydrogen-bond donors (Lipinski definition) is 2. The molecule has 0 fully saturated rings. The first-order chi connectivity index (χ1) is 9.28. The van der Waals surface area contributed by atoms with E-state index < -0.39 is 27.0 Å². The second kappa shape index (κ2) is 5.04. The third-order valence-electron chi connectivity index (χ3n) is 2.11. The molecule has 1 aromatic carbocycles. The summed E-state index contributed by atoms with van der Waals surface area (Å²) in [7, 11) is -4.22. The smallest absolute Gasteiger partial charge is 0.404 e. The Balaban J connectivity index is 2.36. The van der Waals surface area contributed by atoms with Crippen molar-refractivity contribution in [3.8, 4) is 5.75 Å². The van der Waals surface area contributed by atoms with E-state index in [2.05, 4.69) is 19.7 Å². The van der Waals surface area contributed by atoms with Crippen LogP contribution in [0, 0.1) is 0 Å². The van der Waals surface area contributed by atoms with E-state index in [1.807, 2.05) is 0 Å². The Hall–Kier alpha value is -2.23. The Morgan fingerprint density at radius 1 is 1.25 bits per heavy atom. The van der Waals surface area contributed by atoms with Crippen LogP contribution in [0.25, 0.3) is 0 Å². The molecule has 0 atom stereocenters. The molecular weight excluding hydrogens is 299 g/mol. The van der Waals surface area contributed by atoms with Crippen molar-refractivity contribution in [2.24, 2.45) is 0 Å². The molecular formula is C10H8F3N3O3S. The summed E-state index contributed by atoms with van der Waals surface area (Å²) in [6.45, 7) is 0. The average molecular weight is 307 g/mol. The molecule has 6 nitrogen and oxygen atoms in total. The Labute approximate surface area is 111 Å². The molecule has 0 aliphatic carbocycles. The van der Waals surface area contributed by atoms with Crippen LogP contribution < -0.4 is 9.46 Å². The number of ether oxygens (including phenoxy) is 1. The maximum Gasteiger partial charge on any atom is 0.573 e. The van der Waals surface area contributed by atoms with Crippen LogP contribution in [0.2, 0.25) is 0 Å². The highest BCUT2D eigenvalue weighted by Gasteiger charge is 2.34. The van der Waals surface area contributed by atoms with Crippen LogP contribution in [-0.2, 0) is 10.0 Å². The molecule has 0 radical (unpaired) electrons. The highest BCUT2D eigenvalue weighted by Crippen LogP contribution is 2.30. The number of nitrogens with one attached hydrogen (secondary N) is 2. The van der Waals surface area contributed by atoms with Gasteiger partial charge in [-0.25, -0.2) is 8.42 Å². The summed E-state index contributed by atoms with van der Waals surface area (Å²) < 4.78 is 66.5. The van der Waals surface area contributed by atoms with Crippen LogP contribution in [0.4, 0.5) is 18.9 Å². The molecule has 0 bridgehead atoms. The highest BCUT2D eigenvalue weighted by atomic mass is 32.2. The van der Waals surface area contributed by atoms with Crippen molar-refractivity contribution in [1.82, 2.24) is 10.2 Å². The fraction of sp³-hybridized carbons (Fsp3) is 0.100. The Morgan fingerprint density at radius 3 is 2.55 bits per heavy atom. The zero-order valence-electron chi connectivity index (χ0n) is 9.68. The monoisotopic (exact) mass is 307 g/mol. The lowest BCUT2D eigenvalue weighted by Gasteiger charge is -2.13. The van der Waals surface area contributed by atoms with Crippen LogP contribution in [-0.4, -0.2) is 25.0 Å². The van der Waals surface area contributed by atoms with Crippen LogP contribution >= 0.6 is 0 Å². The normalized spacial score (nSPS) is 12.2. The van der Waals surface area contributed by atoms with E-state index in [-0.39, 0.29) is 5.69 Å². The number of halogens is 3. The molecule has 0 amide bonds. The number of hydrogen-bond acceptors (Lipinski definition) is 4. The minimum absolute atomic E-state index is 0.0896. The molecule has 0 saturated heterocycles. The van der Waals surface area contributed by atoms with E-state index in [0.717, 1.165) is 12.1 Å². The van der Waals surface area contributed by atoms with Crippen molar-refractivity contribution in [2.75, 3.05) is 4.72 Å². The van der Waals surface area contributed by atoms with Crippen LogP contribution in [0.5, 0.6) is 5.75 Å². The number of alkyl halides is 3. The molecule has 0 spiro atoms. The number of nitrogens with zero attached hydrogens (tertiary/aromatic N) is 1. The molecule has 2 aromatic rings. The largest absolute Gasteiger partial charge is 0.573 e. The first-order valence-corrected chi connectivity index (χ1v) is 6.63. The van der Waals surface area contributed by atoms with Gasteiger partial charge in [0.25, 0.3) is 10.0 Å². The van der Waals surface area contributed by atoms with Crippen LogP contribution in [0.15, 0.2) is 41.6 Å². The van der Waals surface area contributed by atoms with Gasteiger partial charge in [0.15, 0.2) is 0 Å². The number of rotatable bonds is 4. The number of aromatic nitrogens is 2. The fourth-order valence-electron chi connectivity index (χ4n) is 1.40. The van der Waals surface area contributed by atoms with E-state index in [4.69, 9.17) is 0 Å². The number of sulfonamides is 1. The molecule has 0 aliphatic heterocycles. The standard InChI is InChI=1S/C10H8F3N3O3S/c11-10(12,13)19-8-3-1-2-4-9(8)20(17,18)16-7-5-14-15-6-7/h1-6,16H,(H,14,15). The topological polar surface area (TPSA) is 84.1 Å². The summed E-state index contributed by atoms with van der Waals surface area (Å²) in [6.07, 6.45) is -2.57. The van der Waals surface area contributed by atoms with Gasteiger partial charge in [0.1, 0.15) is 10.6 Å². The molecule has 2 rings (SSSR count). The number of H-pyrrole nitrogens is 1. The molecule has 1 heterocycles. The van der Waals surface area contributed by atoms with Gasteiger partial charge in [-0.1, -0.05) is 12.1 Å². The molecule has 10 heteroatoms. The van der Waals surface area contributed by atoms with Gasteiger partial charge < -0.3 is 4.74 Å². The highest BCUT2D eigenvalue weighted by molar-refractivity contribution is 7.92. The second-order valence-electron chi connectivity index (χ2n) is 3.59. The lowest BCUT2D eigenvalue weighted by Crippen LogP contribution is -2.20. The predicted molar refractivity (Wildman–Crippen MR) is 62.5 cm³/mol. The number of para-hydroxylation sites is 1. The van der Waals surface area contributed by atoms with Gasteiger partial charge in [-0.2, -0.15) is 5.10 Å². The summed E-state index contributed by atoms with van der Waals surface area (Å²) in [5.74, 6) is -0.809. The average Bonchev–Trinajstić information content (AvgIpc) is 2.79. The van der Waals surface area contributed by atoms with Gasteiger partial charge in [0.05, 0.1) is 11.9 Å². The summed E-state index contributed by atoms with van der Waals surface area (Å²) in [5, 5.41) is 5.89. The van der Waals surface area contributed by atoms with E-state index in [9.17, 15) is 21.6 Å². The summed E-state index contributed by atoms with van der Waals surface area (Å²) >= 11 is 0. The van der Waals surface area contributed by atoms with Gasteiger partial charge in [-0.3, -0.25) is 9.82 Å². The Morgan fingerprint density at radius 2 is 1.95 bits per heavy atom. The predicted octanol–water partition coefficient (Wildman–Crippen LogP) is 2.11. The first kappa shape index (κ1) is 14.2. The molecule has 0 unspecified atom stereocenters. The van der Waals surface area contributed by atoms with Crippen molar-refractivity contribution in [3.63, 3.8) is 0 Å². The zero-order chi connectivity index (χ0) is 14.8. The maximum atomic E-state index is 12.2. The minimum atomic E-state index is -4.98. The van der Waals surface area contributed by atoms with E-state index in [0.29, 0.717) is 0 Å². The number of benzene rings is 1. The molecule has 108 valence electrons. The summed E-state index contributed by atoms with van der Waals surface area (Å²) in [5.41, 5.74) is 0.0896. The maximum absolute atomic E-state index is 12.2. The first-order valence-electron chi connectivity index (χ1n) is 5.14. The van der Waals surface area contributed by atoms with Crippen molar-refractivity contribution in [2.45, 2.75) is 11.3 Å². The lowest BCUT2D eigenvalue weighted by atomic mass is 10.3. The van der Waals surface area contributed by atoms with Gasteiger partial charge in [0, 0.05) is 6.20 Å². The summed E-state index contributed by atoms with van der Waals surface area (Å²) in [4.78, 5) is -0.626. The van der Waals surface area contributed by atoms with Gasteiger partial charge >= 0.3 is 6.36 Å². The number of aromatic amines is 1. The molecule has 20 heavy (non-hydrogen) atoms. The molecule has 2 N–H and O–H groups in total. The zero-order valence-corrected chi connectivity index (χ0v) is 10.5. The van der Waals surface area contributed by atoms with Crippen molar-refractivity contribution in [1.29, 1.82) is 0 Å². The second-order valence-corrected chi connectivity index (χ2v) is 5.24. The molecule has 0 aliphatic rings. The minimum Gasteiger partial charge on any atom is -0.404 e. The molecule has 0 saturated carbocycles. The lowest BCUT2D eigenvalue weighted by molar-refractivity contribution is -0.275. The van der Waals surface area contributed by atoms with Gasteiger partial charge in [0.2, 0.25) is 0 Å². The van der Waals surface area contributed by atoms with Crippen molar-refractivity contribution < 1.29 is 26.3 Å². The number of anilines is 1. The Kier molecular flexibility index (Phi) is 3.57. The fourth-order valence-corrected chi connectivity index (χ4v) is 2.56. The SMILES string of the molecule is O=S(=O)(Nc1cn[nH]c1)c1ccccc1OC(F)(F)F. The van der Waals surface area contributed by atoms with Crippen LogP contribution in [0.3, 0.4) is 0 Å².